The molecule has 5 heteroatoms. The van der Waals surface area contributed by atoms with Crippen LogP contribution in [0, 0.1) is 0 Å². The first kappa shape index (κ1) is 16.3. The van der Waals surface area contributed by atoms with Crippen molar-refractivity contribution in [2.75, 3.05) is 13.7 Å². The van der Waals surface area contributed by atoms with Gasteiger partial charge in [0.05, 0.1) is 24.9 Å². The quantitative estimate of drug-likeness (QED) is 0.624. The third-order valence-corrected chi connectivity index (χ3v) is 4.61. The number of benzene rings is 1. The highest BCUT2D eigenvalue weighted by Gasteiger charge is 2.41. The van der Waals surface area contributed by atoms with Gasteiger partial charge in [-0.05, 0) is 37.3 Å². The zero-order valence-corrected chi connectivity index (χ0v) is 14.0. The van der Waals surface area contributed by atoms with Gasteiger partial charge in [0.2, 0.25) is 0 Å². The van der Waals surface area contributed by atoms with E-state index >= 15 is 0 Å². The summed E-state index contributed by atoms with van der Waals surface area (Å²) in [5.74, 6) is 0.851. The second-order valence-corrected chi connectivity index (χ2v) is 6.24. The van der Waals surface area contributed by atoms with Crippen LogP contribution in [0.3, 0.4) is 0 Å². The van der Waals surface area contributed by atoms with Crippen LogP contribution < -0.4 is 10.6 Å². The number of nitrogens with zero attached hydrogens (tertiary/aromatic N) is 1. The van der Waals surface area contributed by atoms with E-state index in [-0.39, 0.29) is 0 Å². The molecular formula is C18H27N3O2. The Bertz CT molecular complexity index is 530. The molecule has 2 heterocycles. The molecule has 2 bridgehead atoms. The fraction of sp³-hybridized carbons (Fsp3) is 0.611. The Morgan fingerprint density at radius 1 is 1.26 bits per heavy atom. The molecule has 1 aromatic carbocycles. The van der Waals surface area contributed by atoms with Crippen molar-refractivity contribution in [3.05, 3.63) is 35.4 Å². The number of rotatable bonds is 6. The lowest BCUT2D eigenvalue weighted by atomic mass is 9.96. The maximum atomic E-state index is 5.88. The van der Waals surface area contributed by atoms with Crippen LogP contribution in [-0.4, -0.2) is 37.9 Å². The predicted octanol–water partition coefficient (Wildman–Crippen LogP) is 2.21. The lowest BCUT2D eigenvalue weighted by Gasteiger charge is -2.22. The van der Waals surface area contributed by atoms with Crippen molar-refractivity contribution in [2.45, 2.75) is 57.6 Å². The van der Waals surface area contributed by atoms with E-state index in [0.717, 1.165) is 25.5 Å². The molecule has 3 rings (SSSR count). The first-order chi connectivity index (χ1) is 11.3. The minimum atomic E-state index is 0.358. The minimum absolute atomic E-state index is 0.358. The molecule has 2 aliphatic rings. The van der Waals surface area contributed by atoms with E-state index in [4.69, 9.17) is 9.47 Å². The van der Waals surface area contributed by atoms with Crippen LogP contribution in [0.15, 0.2) is 29.3 Å². The average molecular weight is 317 g/mol. The highest BCUT2D eigenvalue weighted by atomic mass is 16.5. The third kappa shape index (κ3) is 4.24. The van der Waals surface area contributed by atoms with Gasteiger partial charge in [-0.3, -0.25) is 4.99 Å². The van der Waals surface area contributed by atoms with E-state index in [1.54, 1.807) is 0 Å². The van der Waals surface area contributed by atoms with Crippen molar-refractivity contribution in [1.82, 2.24) is 10.6 Å². The standard InChI is InChI=1S/C18H27N3O2/c1-3-22-12-14-6-4-13(5-7-14)11-20-18(19-2)21-16-10-15-8-9-17(16)23-15/h4-7,15-17H,3,8-12H2,1-2H3,(H2,19,20,21). The molecule has 126 valence electrons. The van der Waals surface area contributed by atoms with Gasteiger partial charge in [-0.25, -0.2) is 0 Å². The van der Waals surface area contributed by atoms with Gasteiger partial charge >= 0.3 is 0 Å². The molecule has 0 radical (unpaired) electrons. The Labute approximate surface area is 138 Å². The van der Waals surface area contributed by atoms with Gasteiger partial charge in [-0.15, -0.1) is 0 Å². The van der Waals surface area contributed by atoms with E-state index in [1.165, 1.54) is 24.0 Å². The van der Waals surface area contributed by atoms with Crippen molar-refractivity contribution in [3.8, 4) is 0 Å². The maximum Gasteiger partial charge on any atom is 0.191 e. The summed E-state index contributed by atoms with van der Waals surface area (Å²) >= 11 is 0. The molecule has 5 nitrogen and oxygen atoms in total. The van der Waals surface area contributed by atoms with Crippen LogP contribution in [0.5, 0.6) is 0 Å². The molecule has 0 amide bonds. The fourth-order valence-corrected chi connectivity index (χ4v) is 3.32. The maximum absolute atomic E-state index is 5.88. The number of aliphatic imine (C=N–C) groups is 1. The Morgan fingerprint density at radius 3 is 2.65 bits per heavy atom. The van der Waals surface area contributed by atoms with E-state index in [0.29, 0.717) is 24.9 Å². The van der Waals surface area contributed by atoms with Gasteiger partial charge in [0.25, 0.3) is 0 Å². The molecule has 0 aliphatic carbocycles. The van der Waals surface area contributed by atoms with Gasteiger partial charge in [-0.2, -0.15) is 0 Å². The fourth-order valence-electron chi connectivity index (χ4n) is 3.32. The molecule has 0 spiro atoms. The second-order valence-electron chi connectivity index (χ2n) is 6.24. The first-order valence-electron chi connectivity index (χ1n) is 8.56. The Hall–Kier alpha value is -1.59. The van der Waals surface area contributed by atoms with Gasteiger partial charge in [-0.1, -0.05) is 24.3 Å². The largest absolute Gasteiger partial charge is 0.377 e. The summed E-state index contributed by atoms with van der Waals surface area (Å²) in [5, 5.41) is 6.89. The molecular weight excluding hydrogens is 290 g/mol. The number of hydrogen-bond donors (Lipinski definition) is 2. The van der Waals surface area contributed by atoms with Crippen LogP contribution in [0.1, 0.15) is 37.3 Å². The van der Waals surface area contributed by atoms with Crippen molar-refractivity contribution < 1.29 is 9.47 Å². The van der Waals surface area contributed by atoms with Crippen LogP contribution in [0.25, 0.3) is 0 Å². The smallest absolute Gasteiger partial charge is 0.191 e. The van der Waals surface area contributed by atoms with Crippen LogP contribution in [-0.2, 0) is 22.6 Å². The monoisotopic (exact) mass is 317 g/mol. The van der Waals surface area contributed by atoms with E-state index in [2.05, 4.69) is 39.9 Å². The predicted molar refractivity (Wildman–Crippen MR) is 91.4 cm³/mol. The lowest BCUT2D eigenvalue weighted by molar-refractivity contribution is 0.0992. The summed E-state index contributed by atoms with van der Waals surface area (Å²) in [5.41, 5.74) is 2.44. The summed E-state index contributed by atoms with van der Waals surface area (Å²) in [6.07, 6.45) is 4.28. The van der Waals surface area contributed by atoms with Crippen LogP contribution >= 0.6 is 0 Å². The molecule has 3 atom stereocenters. The lowest BCUT2D eigenvalue weighted by Crippen LogP contribution is -2.47. The van der Waals surface area contributed by atoms with E-state index < -0.39 is 0 Å². The molecule has 0 aromatic heterocycles. The van der Waals surface area contributed by atoms with E-state index in [9.17, 15) is 0 Å². The van der Waals surface area contributed by atoms with Crippen LogP contribution in [0.2, 0.25) is 0 Å². The third-order valence-electron chi connectivity index (χ3n) is 4.61. The summed E-state index contributed by atoms with van der Waals surface area (Å²) in [4.78, 5) is 4.33. The number of hydrogen-bond acceptors (Lipinski definition) is 3. The van der Waals surface area contributed by atoms with Gasteiger partial charge in [0, 0.05) is 20.2 Å². The summed E-state index contributed by atoms with van der Waals surface area (Å²) < 4.78 is 11.3. The normalized spacial score (nSPS) is 26.5. The topological polar surface area (TPSA) is 54.9 Å². The molecule has 2 fully saturated rings. The zero-order valence-electron chi connectivity index (χ0n) is 14.0. The molecule has 1 aromatic rings. The summed E-state index contributed by atoms with van der Waals surface area (Å²) in [7, 11) is 1.81. The molecule has 0 saturated carbocycles. The minimum Gasteiger partial charge on any atom is -0.377 e. The second kappa shape index (κ2) is 7.79. The van der Waals surface area contributed by atoms with Crippen molar-refractivity contribution >= 4 is 5.96 Å². The molecule has 2 aliphatic heterocycles. The van der Waals surface area contributed by atoms with Gasteiger partial charge in [0.15, 0.2) is 5.96 Å². The summed E-state index contributed by atoms with van der Waals surface area (Å²) in [6.45, 7) is 4.20. The average Bonchev–Trinajstić information content (AvgIpc) is 3.20. The van der Waals surface area contributed by atoms with Gasteiger partial charge in [0.1, 0.15) is 0 Å². The molecule has 23 heavy (non-hydrogen) atoms. The summed E-state index contributed by atoms with van der Waals surface area (Å²) in [6, 6.07) is 8.90. The van der Waals surface area contributed by atoms with Crippen molar-refractivity contribution in [3.63, 3.8) is 0 Å². The Balaban J connectivity index is 1.46. The number of ether oxygens (including phenoxy) is 2. The first-order valence-corrected chi connectivity index (χ1v) is 8.56. The van der Waals surface area contributed by atoms with Crippen molar-refractivity contribution in [1.29, 1.82) is 0 Å². The molecule has 2 N–H and O–H groups in total. The Kier molecular flexibility index (Phi) is 5.51. The zero-order chi connectivity index (χ0) is 16.1. The Morgan fingerprint density at radius 2 is 2.04 bits per heavy atom. The highest BCUT2D eigenvalue weighted by Crippen LogP contribution is 2.34. The SMILES string of the molecule is CCOCc1ccc(CNC(=NC)NC2CC3CCC2O3)cc1. The van der Waals surface area contributed by atoms with Gasteiger partial charge < -0.3 is 20.1 Å². The van der Waals surface area contributed by atoms with E-state index in [1.807, 2.05) is 14.0 Å². The van der Waals surface area contributed by atoms with Crippen LogP contribution in [0.4, 0.5) is 0 Å². The highest BCUT2D eigenvalue weighted by molar-refractivity contribution is 5.80. The number of fused-ring (bicyclic) bond motifs is 2. The van der Waals surface area contributed by atoms with Crippen molar-refractivity contribution in [2.24, 2.45) is 4.99 Å². The number of nitrogens with one attached hydrogen (secondary N) is 2. The molecule has 3 unspecified atom stereocenters. The number of guanidine groups is 1. The molecule has 2 saturated heterocycles.